The second-order valence-corrected chi connectivity index (χ2v) is 5.30. The van der Waals surface area contributed by atoms with Crippen LogP contribution >= 0.6 is 11.6 Å². The van der Waals surface area contributed by atoms with Crippen LogP contribution in [0.1, 0.15) is 43.2 Å². The van der Waals surface area contributed by atoms with Crippen molar-refractivity contribution in [3.63, 3.8) is 0 Å². The fourth-order valence-electron chi connectivity index (χ4n) is 2.33. The summed E-state index contributed by atoms with van der Waals surface area (Å²) in [6.45, 7) is 9.43. The first-order valence-electron chi connectivity index (χ1n) is 6.47. The molecule has 0 aliphatic heterocycles. The zero-order chi connectivity index (χ0) is 13.3. The van der Waals surface area contributed by atoms with Gasteiger partial charge in [-0.3, -0.25) is 0 Å². The van der Waals surface area contributed by atoms with Crippen molar-refractivity contribution < 1.29 is 4.42 Å². The summed E-state index contributed by atoms with van der Waals surface area (Å²) in [5.74, 6) is 1.02. The average molecular weight is 266 g/mol. The molecule has 1 atom stereocenters. The Labute approximate surface area is 113 Å². The van der Waals surface area contributed by atoms with Gasteiger partial charge in [-0.2, -0.15) is 0 Å². The summed E-state index contributed by atoms with van der Waals surface area (Å²) >= 11 is 6.11. The maximum Gasteiger partial charge on any atom is 0.137 e. The maximum absolute atomic E-state index is 6.11. The Hall–Kier alpha value is -0.990. The third-order valence-electron chi connectivity index (χ3n) is 3.32. The van der Waals surface area contributed by atoms with E-state index in [2.05, 4.69) is 26.1 Å². The summed E-state index contributed by atoms with van der Waals surface area (Å²) in [6, 6.07) is 4.16. The SMILES string of the molecule is CCCNC(C)c1oc2c(C)cc(Cl)cc2c1C. The highest BCUT2D eigenvalue weighted by Crippen LogP contribution is 2.33. The molecule has 2 nitrogen and oxygen atoms in total. The smallest absolute Gasteiger partial charge is 0.137 e. The normalized spacial score (nSPS) is 13.2. The lowest BCUT2D eigenvalue weighted by Crippen LogP contribution is -2.19. The Morgan fingerprint density at radius 2 is 2.06 bits per heavy atom. The number of halogens is 1. The predicted octanol–water partition coefficient (Wildman–Crippen LogP) is 4.76. The number of hydrogen-bond acceptors (Lipinski definition) is 2. The maximum atomic E-state index is 6.11. The quantitative estimate of drug-likeness (QED) is 0.862. The van der Waals surface area contributed by atoms with E-state index in [1.807, 2.05) is 19.1 Å². The number of benzene rings is 1. The lowest BCUT2D eigenvalue weighted by atomic mass is 10.1. The van der Waals surface area contributed by atoms with Crippen LogP contribution < -0.4 is 5.32 Å². The molecule has 1 heterocycles. The standard InChI is InChI=1S/C15H20ClNO/c1-5-6-17-11(4)15-10(3)13-8-12(16)7-9(2)14(13)18-15/h7-8,11,17H,5-6H2,1-4H3. The van der Waals surface area contributed by atoms with Crippen LogP contribution in [0.5, 0.6) is 0 Å². The molecule has 1 aromatic carbocycles. The zero-order valence-corrected chi connectivity index (χ0v) is 12.2. The highest BCUT2D eigenvalue weighted by atomic mass is 35.5. The molecule has 0 spiro atoms. The molecule has 1 aromatic heterocycles. The molecule has 0 fully saturated rings. The topological polar surface area (TPSA) is 25.2 Å². The van der Waals surface area contributed by atoms with Gasteiger partial charge in [0.2, 0.25) is 0 Å². The lowest BCUT2D eigenvalue weighted by Gasteiger charge is -2.11. The van der Waals surface area contributed by atoms with Crippen LogP contribution in [-0.4, -0.2) is 6.54 Å². The van der Waals surface area contributed by atoms with Gasteiger partial charge in [0.05, 0.1) is 6.04 Å². The lowest BCUT2D eigenvalue weighted by molar-refractivity contribution is 0.448. The van der Waals surface area contributed by atoms with Crippen LogP contribution in [-0.2, 0) is 0 Å². The van der Waals surface area contributed by atoms with Gasteiger partial charge in [-0.15, -0.1) is 0 Å². The van der Waals surface area contributed by atoms with Crippen molar-refractivity contribution in [1.82, 2.24) is 5.32 Å². The van der Waals surface area contributed by atoms with E-state index in [9.17, 15) is 0 Å². The van der Waals surface area contributed by atoms with E-state index in [4.69, 9.17) is 16.0 Å². The van der Waals surface area contributed by atoms with Gasteiger partial charge in [0.25, 0.3) is 0 Å². The summed E-state index contributed by atoms with van der Waals surface area (Å²) in [6.07, 6.45) is 1.12. The summed E-state index contributed by atoms with van der Waals surface area (Å²) in [4.78, 5) is 0. The predicted molar refractivity (Wildman–Crippen MR) is 77.4 cm³/mol. The fraction of sp³-hybridized carbons (Fsp3) is 0.467. The van der Waals surface area contributed by atoms with Gasteiger partial charge in [0, 0.05) is 16.0 Å². The first kappa shape index (κ1) is 13.4. The van der Waals surface area contributed by atoms with Crippen LogP contribution in [0.25, 0.3) is 11.0 Å². The highest BCUT2D eigenvalue weighted by molar-refractivity contribution is 6.31. The first-order valence-corrected chi connectivity index (χ1v) is 6.85. The van der Waals surface area contributed by atoms with E-state index in [1.54, 1.807) is 0 Å². The van der Waals surface area contributed by atoms with E-state index in [0.29, 0.717) is 0 Å². The van der Waals surface area contributed by atoms with Crippen molar-refractivity contribution in [1.29, 1.82) is 0 Å². The molecule has 98 valence electrons. The van der Waals surface area contributed by atoms with E-state index in [-0.39, 0.29) is 6.04 Å². The number of nitrogens with one attached hydrogen (secondary N) is 1. The number of furan rings is 1. The van der Waals surface area contributed by atoms with Crippen molar-refractivity contribution in [2.24, 2.45) is 0 Å². The second kappa shape index (κ2) is 5.33. The number of rotatable bonds is 4. The third kappa shape index (κ3) is 2.40. The largest absolute Gasteiger partial charge is 0.459 e. The van der Waals surface area contributed by atoms with E-state index in [1.165, 1.54) is 5.56 Å². The minimum atomic E-state index is 0.232. The molecular formula is C15H20ClNO. The van der Waals surface area contributed by atoms with Crippen LogP contribution in [0.3, 0.4) is 0 Å². The molecule has 0 aliphatic rings. The van der Waals surface area contributed by atoms with Gasteiger partial charge in [-0.05, 0) is 51.4 Å². The van der Waals surface area contributed by atoms with Gasteiger partial charge in [0.15, 0.2) is 0 Å². The fourth-order valence-corrected chi connectivity index (χ4v) is 2.60. The molecule has 0 radical (unpaired) electrons. The second-order valence-electron chi connectivity index (χ2n) is 4.87. The molecule has 0 amide bonds. The van der Waals surface area contributed by atoms with Crippen molar-refractivity contribution in [2.45, 2.75) is 40.2 Å². The van der Waals surface area contributed by atoms with Gasteiger partial charge < -0.3 is 9.73 Å². The molecule has 0 saturated heterocycles. The molecule has 2 aromatic rings. The van der Waals surface area contributed by atoms with Crippen LogP contribution in [0.4, 0.5) is 0 Å². The molecule has 1 unspecified atom stereocenters. The monoisotopic (exact) mass is 265 g/mol. The molecular weight excluding hydrogens is 246 g/mol. The number of aryl methyl sites for hydroxylation is 2. The van der Waals surface area contributed by atoms with Crippen LogP contribution in [0, 0.1) is 13.8 Å². The Bertz CT molecular complexity index is 559. The molecule has 1 N–H and O–H groups in total. The average Bonchev–Trinajstić information content (AvgIpc) is 2.65. The Balaban J connectivity index is 2.47. The Morgan fingerprint density at radius 3 is 2.72 bits per heavy atom. The van der Waals surface area contributed by atoms with Gasteiger partial charge >= 0.3 is 0 Å². The van der Waals surface area contributed by atoms with Crippen molar-refractivity contribution in [2.75, 3.05) is 6.54 Å². The summed E-state index contributed by atoms with van der Waals surface area (Å²) < 4.78 is 6.02. The van der Waals surface area contributed by atoms with Crippen molar-refractivity contribution >= 4 is 22.6 Å². The number of fused-ring (bicyclic) bond motifs is 1. The summed E-state index contributed by atoms with van der Waals surface area (Å²) in [7, 11) is 0. The Kier molecular flexibility index (Phi) is 3.98. The summed E-state index contributed by atoms with van der Waals surface area (Å²) in [5, 5.41) is 5.35. The molecule has 0 bridgehead atoms. The number of hydrogen-bond donors (Lipinski definition) is 1. The molecule has 0 aliphatic carbocycles. The van der Waals surface area contributed by atoms with Crippen LogP contribution in [0.2, 0.25) is 5.02 Å². The van der Waals surface area contributed by atoms with Gasteiger partial charge in [-0.1, -0.05) is 18.5 Å². The van der Waals surface area contributed by atoms with Crippen molar-refractivity contribution in [3.8, 4) is 0 Å². The van der Waals surface area contributed by atoms with E-state index in [0.717, 1.165) is 40.3 Å². The molecule has 3 heteroatoms. The van der Waals surface area contributed by atoms with Crippen LogP contribution in [0.15, 0.2) is 16.5 Å². The van der Waals surface area contributed by atoms with Gasteiger partial charge in [-0.25, -0.2) is 0 Å². The Morgan fingerprint density at radius 1 is 1.33 bits per heavy atom. The zero-order valence-electron chi connectivity index (χ0n) is 11.4. The minimum absolute atomic E-state index is 0.232. The minimum Gasteiger partial charge on any atom is -0.459 e. The molecule has 2 rings (SSSR count). The molecule has 0 saturated carbocycles. The first-order chi connectivity index (χ1) is 8.54. The van der Waals surface area contributed by atoms with Crippen molar-refractivity contribution in [3.05, 3.63) is 34.0 Å². The van der Waals surface area contributed by atoms with E-state index >= 15 is 0 Å². The third-order valence-corrected chi connectivity index (χ3v) is 3.54. The summed E-state index contributed by atoms with van der Waals surface area (Å²) in [5.41, 5.74) is 3.23. The van der Waals surface area contributed by atoms with Gasteiger partial charge in [0.1, 0.15) is 11.3 Å². The van der Waals surface area contributed by atoms with E-state index < -0.39 is 0 Å². The molecule has 18 heavy (non-hydrogen) atoms. The highest BCUT2D eigenvalue weighted by Gasteiger charge is 2.17.